The van der Waals surface area contributed by atoms with E-state index in [-0.39, 0.29) is 17.3 Å². The van der Waals surface area contributed by atoms with E-state index >= 15 is 0 Å². The second-order valence-corrected chi connectivity index (χ2v) is 16.5. The average molecular weight is 769 g/mol. The summed E-state index contributed by atoms with van der Waals surface area (Å²) in [6, 6.07) is 22.9. The Hall–Kier alpha value is -3.26. The minimum absolute atomic E-state index is 0.00293. The molecule has 1 aliphatic rings. The zero-order valence-electron chi connectivity index (χ0n) is 27.1. The van der Waals surface area contributed by atoms with E-state index in [0.717, 1.165) is 36.9 Å². The number of carbonyl (C=O) groups excluding carboxylic acids is 1. The van der Waals surface area contributed by atoms with Crippen LogP contribution in [-0.4, -0.2) is 63.7 Å². The first-order chi connectivity index (χ1) is 23.1. The number of halogens is 1. The van der Waals surface area contributed by atoms with E-state index in [4.69, 9.17) is 4.74 Å². The Labute approximate surface area is 298 Å². The number of thiophene rings is 2. The molecule has 1 unspecified atom stereocenters. The van der Waals surface area contributed by atoms with Crippen LogP contribution in [0.1, 0.15) is 44.5 Å². The number of aryl methyl sites for hydroxylation is 2. The lowest BCUT2D eigenvalue weighted by Crippen LogP contribution is -2.49. The quantitative estimate of drug-likeness (QED) is 0.138. The number of anilines is 2. The topological polar surface area (TPSA) is 90.4 Å². The van der Waals surface area contributed by atoms with Crippen LogP contribution >= 0.6 is 38.6 Å². The summed E-state index contributed by atoms with van der Waals surface area (Å²) in [7, 11) is -4.03. The molecule has 3 heterocycles. The van der Waals surface area contributed by atoms with Crippen molar-refractivity contribution in [3.05, 3.63) is 109 Å². The fraction of sp³-hybridized carbons (Fsp3) is 0.306. The normalized spacial score (nSPS) is 14.4. The van der Waals surface area contributed by atoms with Gasteiger partial charge in [0.15, 0.2) is 6.29 Å². The number of amides is 1. The van der Waals surface area contributed by atoms with Crippen LogP contribution in [0.5, 0.6) is 0 Å². The SMILES string of the molecule is CCOC(O)c1sc2ccc(S(=O)(=O)N(CCc3ccc(C)cc3)c3ccccc3N3CCN(C(=O)c4sccc4Br)CC3)cc2c1C. The van der Waals surface area contributed by atoms with Gasteiger partial charge in [-0.1, -0.05) is 42.0 Å². The second-order valence-electron chi connectivity index (χ2n) is 11.7. The molecule has 0 bridgehead atoms. The lowest BCUT2D eigenvalue weighted by Gasteiger charge is -2.38. The predicted molar refractivity (Wildman–Crippen MR) is 199 cm³/mol. The van der Waals surface area contributed by atoms with Gasteiger partial charge in [-0.15, -0.1) is 22.7 Å². The van der Waals surface area contributed by atoms with Gasteiger partial charge in [0.05, 0.1) is 21.1 Å². The molecule has 3 aromatic carbocycles. The number of rotatable bonds is 11. The molecule has 252 valence electrons. The largest absolute Gasteiger partial charge is 0.366 e. The Bertz CT molecular complexity index is 2020. The van der Waals surface area contributed by atoms with E-state index in [1.165, 1.54) is 27.0 Å². The maximum Gasteiger partial charge on any atom is 0.265 e. The fourth-order valence-electron chi connectivity index (χ4n) is 6.01. The van der Waals surface area contributed by atoms with Crippen molar-refractivity contribution in [2.24, 2.45) is 0 Å². The highest BCUT2D eigenvalue weighted by molar-refractivity contribution is 9.10. The molecule has 1 N–H and O–H groups in total. The molecule has 1 fully saturated rings. The summed E-state index contributed by atoms with van der Waals surface area (Å²) in [4.78, 5) is 18.8. The molecule has 1 atom stereocenters. The van der Waals surface area contributed by atoms with Crippen LogP contribution in [0.15, 0.2) is 87.5 Å². The maximum atomic E-state index is 14.7. The van der Waals surface area contributed by atoms with Crippen molar-refractivity contribution in [3.63, 3.8) is 0 Å². The van der Waals surface area contributed by atoms with Crippen molar-refractivity contribution in [2.45, 2.75) is 38.4 Å². The third-order valence-electron chi connectivity index (χ3n) is 8.67. The lowest BCUT2D eigenvalue weighted by molar-refractivity contribution is -0.0958. The van der Waals surface area contributed by atoms with Gasteiger partial charge in [-0.05, 0) is 101 Å². The Balaban J connectivity index is 1.34. The van der Waals surface area contributed by atoms with Crippen LogP contribution in [0.2, 0.25) is 0 Å². The number of para-hydroxylation sites is 2. The van der Waals surface area contributed by atoms with Gasteiger partial charge >= 0.3 is 0 Å². The monoisotopic (exact) mass is 767 g/mol. The van der Waals surface area contributed by atoms with Crippen molar-refractivity contribution >= 4 is 76.0 Å². The van der Waals surface area contributed by atoms with Gasteiger partial charge in [0.25, 0.3) is 15.9 Å². The van der Waals surface area contributed by atoms with Crippen LogP contribution in [0, 0.1) is 13.8 Å². The minimum Gasteiger partial charge on any atom is -0.366 e. The first kappa shape index (κ1) is 34.6. The summed E-state index contributed by atoms with van der Waals surface area (Å²) in [5, 5.41) is 13.2. The predicted octanol–water partition coefficient (Wildman–Crippen LogP) is 7.77. The van der Waals surface area contributed by atoms with Gasteiger partial charge in [0, 0.05) is 48.5 Å². The Morgan fingerprint density at radius 2 is 1.75 bits per heavy atom. The Morgan fingerprint density at radius 3 is 2.44 bits per heavy atom. The molecule has 48 heavy (non-hydrogen) atoms. The van der Waals surface area contributed by atoms with Crippen molar-refractivity contribution in [3.8, 4) is 0 Å². The van der Waals surface area contributed by atoms with Crippen molar-refractivity contribution < 1.29 is 23.1 Å². The van der Waals surface area contributed by atoms with Gasteiger partial charge in [0.1, 0.15) is 4.88 Å². The number of piperazine rings is 1. The number of sulfonamides is 1. The fourth-order valence-corrected chi connectivity index (χ4v) is 10.2. The molecule has 0 saturated carbocycles. The summed E-state index contributed by atoms with van der Waals surface area (Å²) in [5.74, 6) is 0.00293. The third kappa shape index (κ3) is 7.05. The minimum atomic E-state index is -4.03. The van der Waals surface area contributed by atoms with E-state index in [9.17, 15) is 18.3 Å². The number of aliphatic hydroxyl groups is 1. The van der Waals surface area contributed by atoms with Crippen molar-refractivity contribution in [1.29, 1.82) is 0 Å². The van der Waals surface area contributed by atoms with Gasteiger partial charge in [0.2, 0.25) is 0 Å². The molecule has 1 saturated heterocycles. The molecular formula is C36H38BrN3O5S3. The van der Waals surface area contributed by atoms with E-state index in [0.29, 0.717) is 54.6 Å². The second kappa shape index (κ2) is 14.7. The molecule has 2 aromatic heterocycles. The number of fused-ring (bicyclic) bond motifs is 1. The number of aliphatic hydroxyl groups excluding tert-OH is 1. The molecule has 6 rings (SSSR count). The summed E-state index contributed by atoms with van der Waals surface area (Å²) in [5.41, 5.74) is 4.40. The summed E-state index contributed by atoms with van der Waals surface area (Å²) in [6.45, 7) is 8.54. The number of ether oxygens (including phenoxy) is 1. The summed E-state index contributed by atoms with van der Waals surface area (Å²) >= 11 is 6.32. The zero-order chi connectivity index (χ0) is 34.0. The van der Waals surface area contributed by atoms with E-state index in [1.807, 2.05) is 91.7 Å². The van der Waals surface area contributed by atoms with Gasteiger partial charge in [-0.2, -0.15) is 0 Å². The van der Waals surface area contributed by atoms with Crippen LogP contribution in [0.25, 0.3) is 10.1 Å². The van der Waals surface area contributed by atoms with E-state index in [1.54, 1.807) is 12.1 Å². The molecule has 5 aromatic rings. The maximum absolute atomic E-state index is 14.7. The number of carbonyl (C=O) groups is 1. The zero-order valence-corrected chi connectivity index (χ0v) is 31.1. The van der Waals surface area contributed by atoms with Crippen molar-refractivity contribution in [1.82, 2.24) is 4.90 Å². The molecule has 0 spiro atoms. The van der Waals surface area contributed by atoms with Gasteiger partial charge in [-0.25, -0.2) is 8.42 Å². The third-order valence-corrected chi connectivity index (χ3v) is 13.6. The molecule has 8 nitrogen and oxygen atoms in total. The van der Waals surface area contributed by atoms with Crippen LogP contribution in [0.3, 0.4) is 0 Å². The number of benzene rings is 3. The average Bonchev–Trinajstić information content (AvgIpc) is 3.67. The highest BCUT2D eigenvalue weighted by Gasteiger charge is 2.31. The summed E-state index contributed by atoms with van der Waals surface area (Å²) < 4.78 is 38.1. The molecule has 12 heteroatoms. The van der Waals surface area contributed by atoms with Crippen LogP contribution in [0.4, 0.5) is 11.4 Å². The Kier molecular flexibility index (Phi) is 10.6. The van der Waals surface area contributed by atoms with E-state index < -0.39 is 16.3 Å². The number of nitrogens with zero attached hydrogens (tertiary/aromatic N) is 3. The number of hydrogen-bond donors (Lipinski definition) is 1. The molecule has 0 aliphatic carbocycles. The Morgan fingerprint density at radius 1 is 1.02 bits per heavy atom. The van der Waals surface area contributed by atoms with Gasteiger partial charge in [-0.3, -0.25) is 9.10 Å². The highest BCUT2D eigenvalue weighted by Crippen LogP contribution is 2.39. The van der Waals surface area contributed by atoms with E-state index in [2.05, 4.69) is 20.8 Å². The smallest absolute Gasteiger partial charge is 0.265 e. The van der Waals surface area contributed by atoms with Crippen molar-refractivity contribution in [2.75, 3.05) is 48.5 Å². The molecule has 1 aliphatic heterocycles. The van der Waals surface area contributed by atoms with Gasteiger partial charge < -0.3 is 19.6 Å². The molecular weight excluding hydrogens is 731 g/mol. The first-order valence-electron chi connectivity index (χ1n) is 15.9. The summed E-state index contributed by atoms with van der Waals surface area (Å²) in [6.07, 6.45) is -0.538. The first-order valence-corrected chi connectivity index (χ1v) is 19.8. The highest BCUT2D eigenvalue weighted by atomic mass is 79.9. The standard InChI is InChI=1S/C36H38BrN3O5S3/c1-4-45-36(42)33-25(3)28-23-27(13-14-32(28)47-33)48(43,44)40(17-15-26-11-9-24(2)10-12-26)31-8-6-5-7-30(31)38-18-20-39(21-19-38)35(41)34-29(37)16-22-46-34/h5-14,16,22-23,36,42H,4,15,17-21H2,1-3H3. The lowest BCUT2D eigenvalue weighted by atomic mass is 10.1. The number of hydrogen-bond acceptors (Lipinski definition) is 8. The van der Waals surface area contributed by atoms with Crippen LogP contribution < -0.4 is 9.21 Å². The molecule has 0 radical (unpaired) electrons. The van der Waals surface area contributed by atoms with Crippen LogP contribution in [-0.2, 0) is 21.2 Å². The molecule has 1 amide bonds.